The number of nitrogens with one attached hydrogen (secondary N) is 1. The van der Waals surface area contributed by atoms with Crippen molar-refractivity contribution in [3.05, 3.63) is 34.9 Å². The van der Waals surface area contributed by atoms with Crippen LogP contribution >= 0.6 is 0 Å². The topological polar surface area (TPSA) is 12.0 Å². The van der Waals surface area contributed by atoms with Crippen LogP contribution in [0.1, 0.15) is 42.4 Å². The molecular formula is C15H21N. The van der Waals surface area contributed by atoms with Gasteiger partial charge in [-0.15, -0.1) is 0 Å². The van der Waals surface area contributed by atoms with Crippen molar-refractivity contribution in [2.45, 2.75) is 51.0 Å². The second kappa shape index (κ2) is 3.59. The molecule has 1 N–H and O–H groups in total. The minimum Gasteiger partial charge on any atom is -0.313 e. The summed E-state index contributed by atoms with van der Waals surface area (Å²) in [6.45, 7) is 5.65. The number of aryl methyl sites for hydroxylation is 2. The van der Waals surface area contributed by atoms with Gasteiger partial charge in [-0.1, -0.05) is 18.2 Å². The third kappa shape index (κ3) is 1.49. The quantitative estimate of drug-likeness (QED) is 0.799. The molecule has 0 aromatic heterocycles. The molecule has 1 heteroatoms. The third-order valence-corrected chi connectivity index (χ3v) is 4.60. The summed E-state index contributed by atoms with van der Waals surface area (Å²) in [7, 11) is 0. The van der Waals surface area contributed by atoms with E-state index in [1.165, 1.54) is 43.4 Å². The van der Waals surface area contributed by atoms with Gasteiger partial charge in [-0.3, -0.25) is 0 Å². The lowest BCUT2D eigenvalue weighted by molar-refractivity contribution is 0.472. The van der Waals surface area contributed by atoms with Crippen molar-refractivity contribution in [2.75, 3.05) is 6.54 Å². The summed E-state index contributed by atoms with van der Waals surface area (Å²) in [6.07, 6.45) is 5.49. The lowest BCUT2D eigenvalue weighted by Gasteiger charge is -2.24. The molecular weight excluding hydrogens is 194 g/mol. The molecule has 0 spiro atoms. The number of rotatable bonds is 2. The van der Waals surface area contributed by atoms with Crippen LogP contribution in [0.15, 0.2) is 18.2 Å². The predicted molar refractivity (Wildman–Crippen MR) is 67.9 cm³/mol. The average molecular weight is 215 g/mol. The molecule has 2 aliphatic rings. The molecule has 1 atom stereocenters. The summed E-state index contributed by atoms with van der Waals surface area (Å²) in [5.41, 5.74) is 4.94. The average Bonchev–Trinajstić information content (AvgIpc) is 2.90. The first kappa shape index (κ1) is 10.3. The molecule has 1 nitrogen and oxygen atoms in total. The lowest BCUT2D eigenvalue weighted by Crippen LogP contribution is -2.34. The molecule has 1 aromatic rings. The Morgan fingerprint density at radius 1 is 1.19 bits per heavy atom. The van der Waals surface area contributed by atoms with Crippen molar-refractivity contribution in [2.24, 2.45) is 0 Å². The van der Waals surface area contributed by atoms with Crippen LogP contribution < -0.4 is 5.32 Å². The van der Waals surface area contributed by atoms with E-state index >= 15 is 0 Å². The van der Waals surface area contributed by atoms with Gasteiger partial charge in [0.05, 0.1) is 0 Å². The zero-order chi connectivity index (χ0) is 11.2. The largest absolute Gasteiger partial charge is 0.313 e. The highest BCUT2D eigenvalue weighted by Crippen LogP contribution is 2.53. The van der Waals surface area contributed by atoms with E-state index in [-0.39, 0.29) is 0 Å². The Morgan fingerprint density at radius 2 is 2.00 bits per heavy atom. The van der Waals surface area contributed by atoms with Crippen LogP contribution in [0.3, 0.4) is 0 Å². The molecule has 2 fully saturated rings. The highest BCUT2D eigenvalue weighted by atomic mass is 15.0. The van der Waals surface area contributed by atoms with E-state index < -0.39 is 0 Å². The lowest BCUT2D eigenvalue weighted by atomic mass is 9.85. The summed E-state index contributed by atoms with van der Waals surface area (Å²) in [5, 5.41) is 3.69. The second-order valence-electron chi connectivity index (χ2n) is 5.60. The highest BCUT2D eigenvalue weighted by molar-refractivity contribution is 5.39. The minimum absolute atomic E-state index is 0.495. The van der Waals surface area contributed by atoms with Gasteiger partial charge < -0.3 is 5.32 Å². The Bertz CT molecular complexity index is 398. The second-order valence-corrected chi connectivity index (χ2v) is 5.60. The van der Waals surface area contributed by atoms with Crippen LogP contribution in [0.25, 0.3) is 0 Å². The first-order valence-electron chi connectivity index (χ1n) is 6.53. The van der Waals surface area contributed by atoms with Gasteiger partial charge in [-0.2, -0.15) is 0 Å². The first-order chi connectivity index (χ1) is 7.72. The zero-order valence-corrected chi connectivity index (χ0v) is 10.3. The Hall–Kier alpha value is -0.820. The van der Waals surface area contributed by atoms with E-state index in [0.29, 0.717) is 5.41 Å². The van der Waals surface area contributed by atoms with Crippen LogP contribution in [-0.4, -0.2) is 12.6 Å². The van der Waals surface area contributed by atoms with Crippen molar-refractivity contribution in [1.82, 2.24) is 5.32 Å². The maximum absolute atomic E-state index is 3.69. The third-order valence-electron chi connectivity index (χ3n) is 4.60. The van der Waals surface area contributed by atoms with E-state index in [1.54, 1.807) is 5.56 Å². The Morgan fingerprint density at radius 3 is 2.56 bits per heavy atom. The molecule has 1 saturated heterocycles. The zero-order valence-electron chi connectivity index (χ0n) is 10.3. The molecule has 1 aromatic carbocycles. The smallest absolute Gasteiger partial charge is 0.0164 e. The molecule has 3 rings (SSSR count). The van der Waals surface area contributed by atoms with Crippen LogP contribution in [-0.2, 0) is 5.41 Å². The number of hydrogen-bond donors (Lipinski definition) is 1. The summed E-state index contributed by atoms with van der Waals surface area (Å²) < 4.78 is 0. The predicted octanol–water partition coefficient (Wildman–Crippen LogP) is 3.09. The van der Waals surface area contributed by atoms with Crippen LogP contribution in [0, 0.1) is 13.8 Å². The summed E-state index contributed by atoms with van der Waals surface area (Å²) in [6, 6.07) is 7.81. The Kier molecular flexibility index (Phi) is 2.32. The normalized spacial score (nSPS) is 27.0. The van der Waals surface area contributed by atoms with Crippen molar-refractivity contribution in [3.8, 4) is 0 Å². The summed E-state index contributed by atoms with van der Waals surface area (Å²) in [4.78, 5) is 0. The van der Waals surface area contributed by atoms with E-state index in [0.717, 1.165) is 6.04 Å². The molecule has 0 amide bonds. The van der Waals surface area contributed by atoms with Crippen LogP contribution in [0.4, 0.5) is 0 Å². The Balaban J connectivity index is 1.93. The van der Waals surface area contributed by atoms with Crippen molar-refractivity contribution < 1.29 is 0 Å². The maximum atomic E-state index is 3.69. The number of benzene rings is 1. The molecule has 1 heterocycles. The SMILES string of the molecule is Cc1ccc(C2(C3CCCN3)CC2)cc1C. The van der Waals surface area contributed by atoms with Gasteiger partial charge in [0.1, 0.15) is 0 Å². The first-order valence-corrected chi connectivity index (χ1v) is 6.53. The molecule has 1 unspecified atom stereocenters. The van der Waals surface area contributed by atoms with Gasteiger partial charge >= 0.3 is 0 Å². The van der Waals surface area contributed by atoms with Gasteiger partial charge in [-0.25, -0.2) is 0 Å². The van der Waals surface area contributed by atoms with Crippen molar-refractivity contribution >= 4 is 0 Å². The standard InChI is InChI=1S/C15H21N/c1-11-5-6-13(10-12(11)2)15(7-8-15)14-4-3-9-16-14/h5-6,10,14,16H,3-4,7-9H2,1-2H3. The fourth-order valence-corrected chi connectivity index (χ4v) is 3.18. The van der Waals surface area contributed by atoms with Gasteiger partial charge in [0.15, 0.2) is 0 Å². The molecule has 1 saturated carbocycles. The van der Waals surface area contributed by atoms with Gasteiger partial charge in [0.25, 0.3) is 0 Å². The molecule has 0 radical (unpaired) electrons. The van der Waals surface area contributed by atoms with E-state index in [1.807, 2.05) is 0 Å². The molecule has 1 aliphatic heterocycles. The molecule has 86 valence electrons. The van der Waals surface area contributed by atoms with Gasteiger partial charge in [-0.05, 0) is 62.8 Å². The fraction of sp³-hybridized carbons (Fsp3) is 0.600. The van der Waals surface area contributed by atoms with Crippen LogP contribution in [0.5, 0.6) is 0 Å². The summed E-state index contributed by atoms with van der Waals surface area (Å²) >= 11 is 0. The van der Waals surface area contributed by atoms with E-state index in [4.69, 9.17) is 0 Å². The monoisotopic (exact) mass is 215 g/mol. The fourth-order valence-electron chi connectivity index (χ4n) is 3.18. The minimum atomic E-state index is 0.495. The molecule has 1 aliphatic carbocycles. The highest BCUT2D eigenvalue weighted by Gasteiger charge is 2.51. The maximum Gasteiger partial charge on any atom is 0.0164 e. The van der Waals surface area contributed by atoms with Gasteiger partial charge in [0.2, 0.25) is 0 Å². The summed E-state index contributed by atoms with van der Waals surface area (Å²) in [5.74, 6) is 0. The van der Waals surface area contributed by atoms with Crippen molar-refractivity contribution in [1.29, 1.82) is 0 Å². The van der Waals surface area contributed by atoms with Gasteiger partial charge in [0, 0.05) is 11.5 Å². The van der Waals surface area contributed by atoms with E-state index in [2.05, 4.69) is 37.4 Å². The van der Waals surface area contributed by atoms with E-state index in [9.17, 15) is 0 Å². The Labute approximate surface area is 98.3 Å². The molecule has 16 heavy (non-hydrogen) atoms. The van der Waals surface area contributed by atoms with Crippen molar-refractivity contribution in [3.63, 3.8) is 0 Å². The molecule has 0 bridgehead atoms. The number of hydrogen-bond acceptors (Lipinski definition) is 1. The van der Waals surface area contributed by atoms with Crippen LogP contribution in [0.2, 0.25) is 0 Å².